The second-order valence-electron chi connectivity index (χ2n) is 13.4. The number of nitrogens with one attached hydrogen (secondary N) is 1. The maximum atomic E-state index is 9.40. The number of rotatable bonds is 8. The molecule has 0 spiro atoms. The zero-order valence-corrected chi connectivity index (χ0v) is 31.2. The monoisotopic (exact) mass is 753 g/mol. The Labute approximate surface area is 330 Å². The van der Waals surface area contributed by atoms with Crippen LogP contribution in [0.4, 0.5) is 0 Å². The summed E-state index contributed by atoms with van der Waals surface area (Å²) in [5, 5.41) is 14.1. The number of aliphatic imine (C=N–C) groups is 1. The molecule has 0 saturated carbocycles. The number of aromatic nitrogens is 3. The summed E-state index contributed by atoms with van der Waals surface area (Å²) >= 11 is 1.65. The number of hydrogen-bond acceptors (Lipinski definition) is 7. The van der Waals surface area contributed by atoms with Crippen LogP contribution in [0.1, 0.15) is 10.4 Å². The summed E-state index contributed by atoms with van der Waals surface area (Å²) < 4.78 is 13.8. The highest BCUT2D eigenvalue weighted by Gasteiger charge is 2.20. The van der Waals surface area contributed by atoms with Gasteiger partial charge in [-0.2, -0.15) is 0 Å². The minimum atomic E-state index is 0.118. The molecule has 0 atom stereocenters. The first-order chi connectivity index (χ1) is 28.1. The topological polar surface area (TPSA) is 101 Å². The van der Waals surface area contributed by atoms with E-state index < -0.39 is 0 Å². The Bertz CT molecular complexity index is 3260. The molecule has 6 aromatic carbocycles. The SMILES string of the molecule is C=C/C=C\C=C\C(=NC(=N)c1cccc2oc3ccc(-c4nc(-c5ccccc5)nc(-c5cccc6oc7ccccc7c56)n4)cc3c12)c1cc2ccccc2s1. The van der Waals surface area contributed by atoms with Crippen LogP contribution in [0.3, 0.4) is 0 Å². The number of fused-ring (bicyclic) bond motifs is 7. The normalized spacial score (nSPS) is 12.3. The first kappa shape index (κ1) is 34.0. The molecule has 10 rings (SSSR count). The molecule has 4 aromatic heterocycles. The van der Waals surface area contributed by atoms with Crippen molar-refractivity contribution < 1.29 is 8.83 Å². The molecule has 0 saturated heterocycles. The van der Waals surface area contributed by atoms with Crippen LogP contribution in [-0.4, -0.2) is 26.5 Å². The predicted molar refractivity (Wildman–Crippen MR) is 234 cm³/mol. The van der Waals surface area contributed by atoms with Crippen molar-refractivity contribution >= 4 is 76.8 Å². The first-order valence-corrected chi connectivity index (χ1v) is 19.2. The minimum Gasteiger partial charge on any atom is -0.456 e. The number of hydrogen-bond donors (Lipinski definition) is 1. The van der Waals surface area contributed by atoms with E-state index in [1.807, 2.05) is 140 Å². The summed E-state index contributed by atoms with van der Waals surface area (Å²) in [6.07, 6.45) is 9.34. The molecule has 0 amide bonds. The van der Waals surface area contributed by atoms with Crippen LogP contribution < -0.4 is 0 Å². The Balaban J connectivity index is 1.13. The van der Waals surface area contributed by atoms with E-state index in [4.69, 9.17) is 28.8 Å². The highest BCUT2D eigenvalue weighted by molar-refractivity contribution is 7.21. The summed E-state index contributed by atoms with van der Waals surface area (Å²) in [5.74, 6) is 1.72. The van der Waals surface area contributed by atoms with Crippen LogP contribution in [0.5, 0.6) is 0 Å². The van der Waals surface area contributed by atoms with E-state index in [-0.39, 0.29) is 5.84 Å². The average Bonchev–Trinajstić information content (AvgIpc) is 3.98. The molecule has 10 aromatic rings. The number of allylic oxidation sites excluding steroid dienone is 5. The zero-order chi connectivity index (χ0) is 38.3. The lowest BCUT2D eigenvalue weighted by Crippen LogP contribution is -2.03. The molecule has 1 N–H and O–H groups in total. The molecular weight excluding hydrogens is 723 g/mol. The van der Waals surface area contributed by atoms with Gasteiger partial charge in [-0.3, -0.25) is 5.41 Å². The number of nitrogens with zero attached hydrogens (tertiary/aromatic N) is 4. The fourth-order valence-electron chi connectivity index (χ4n) is 7.22. The second-order valence-corrected chi connectivity index (χ2v) is 14.5. The van der Waals surface area contributed by atoms with Gasteiger partial charge in [0, 0.05) is 48.5 Å². The van der Waals surface area contributed by atoms with E-state index in [9.17, 15) is 5.41 Å². The van der Waals surface area contributed by atoms with Gasteiger partial charge in [0.2, 0.25) is 0 Å². The van der Waals surface area contributed by atoms with Gasteiger partial charge < -0.3 is 8.83 Å². The van der Waals surface area contributed by atoms with Gasteiger partial charge in [0.25, 0.3) is 0 Å². The summed E-state index contributed by atoms with van der Waals surface area (Å²) in [5.41, 5.74) is 6.75. The Morgan fingerprint density at radius 3 is 2.14 bits per heavy atom. The highest BCUT2D eigenvalue weighted by Crippen LogP contribution is 2.38. The Hall–Kier alpha value is -7.55. The molecule has 8 heteroatoms. The molecule has 0 bridgehead atoms. The van der Waals surface area contributed by atoms with E-state index in [0.717, 1.165) is 64.4 Å². The number of furan rings is 2. The molecule has 0 fully saturated rings. The summed E-state index contributed by atoms with van der Waals surface area (Å²) in [4.78, 5) is 21.1. The predicted octanol–water partition coefficient (Wildman–Crippen LogP) is 13.0. The third kappa shape index (κ3) is 6.24. The Kier molecular flexibility index (Phi) is 8.50. The van der Waals surface area contributed by atoms with Crippen molar-refractivity contribution in [1.82, 2.24) is 15.0 Å². The molecule has 0 aliphatic rings. The molecular formula is C49H31N5O2S. The minimum absolute atomic E-state index is 0.118. The lowest BCUT2D eigenvalue weighted by molar-refractivity contribution is 0.668. The quantitative estimate of drug-likeness (QED) is 0.0946. The van der Waals surface area contributed by atoms with Gasteiger partial charge in [0.05, 0.1) is 10.6 Å². The van der Waals surface area contributed by atoms with E-state index in [2.05, 4.69) is 30.8 Å². The number of amidine groups is 1. The molecule has 57 heavy (non-hydrogen) atoms. The number of thiophene rings is 1. The van der Waals surface area contributed by atoms with Crippen LogP contribution in [0.15, 0.2) is 190 Å². The molecule has 0 aliphatic heterocycles. The third-order valence-electron chi connectivity index (χ3n) is 9.84. The van der Waals surface area contributed by atoms with Crippen molar-refractivity contribution in [3.8, 4) is 34.2 Å². The summed E-state index contributed by atoms with van der Waals surface area (Å²) in [6, 6.07) is 46.0. The van der Waals surface area contributed by atoms with Crippen molar-refractivity contribution in [1.29, 1.82) is 5.41 Å². The van der Waals surface area contributed by atoms with Crippen LogP contribution in [0.2, 0.25) is 0 Å². The standard InChI is InChI=1S/C49H31N5O2S/c1-2-3-4-8-21-37(43-29-31-17-9-12-25-42(31)57-43)51-46(50)34-19-13-23-41-45(34)36-28-32(26-27-39(36)56-41)48-52-47(30-15-6-5-7-16-30)53-49(54-48)35-20-14-24-40-44(35)33-18-10-11-22-38(33)55-40/h2-29,50H,1H2/b4-3-,21-8+,50-46?,51-37?. The average molecular weight is 754 g/mol. The fraction of sp³-hybridized carbons (Fsp3) is 0. The van der Waals surface area contributed by atoms with Crippen molar-refractivity contribution in [2.75, 3.05) is 0 Å². The lowest BCUT2D eigenvalue weighted by atomic mass is 10.0. The van der Waals surface area contributed by atoms with Gasteiger partial charge in [-0.1, -0.05) is 122 Å². The smallest absolute Gasteiger partial charge is 0.164 e. The van der Waals surface area contributed by atoms with Crippen molar-refractivity contribution in [2.24, 2.45) is 4.99 Å². The van der Waals surface area contributed by atoms with E-state index in [1.165, 1.54) is 0 Å². The largest absolute Gasteiger partial charge is 0.456 e. The first-order valence-electron chi connectivity index (χ1n) is 18.4. The maximum absolute atomic E-state index is 9.40. The van der Waals surface area contributed by atoms with Crippen molar-refractivity contribution in [3.63, 3.8) is 0 Å². The molecule has 7 nitrogen and oxygen atoms in total. The fourth-order valence-corrected chi connectivity index (χ4v) is 8.25. The van der Waals surface area contributed by atoms with Crippen molar-refractivity contribution in [2.45, 2.75) is 0 Å². The van der Waals surface area contributed by atoms with Gasteiger partial charge in [-0.05, 0) is 60.0 Å². The molecule has 0 unspecified atom stereocenters. The number of para-hydroxylation sites is 1. The zero-order valence-electron chi connectivity index (χ0n) is 30.4. The van der Waals surface area contributed by atoms with Crippen LogP contribution in [0.25, 0.3) is 88.1 Å². The van der Waals surface area contributed by atoms with Crippen molar-refractivity contribution in [3.05, 3.63) is 187 Å². The van der Waals surface area contributed by atoms with Gasteiger partial charge in [0.1, 0.15) is 22.3 Å². The van der Waals surface area contributed by atoms with E-state index in [1.54, 1.807) is 17.4 Å². The lowest BCUT2D eigenvalue weighted by Gasteiger charge is -2.09. The van der Waals surface area contributed by atoms with E-state index >= 15 is 0 Å². The second kappa shape index (κ2) is 14.3. The van der Waals surface area contributed by atoms with E-state index in [0.29, 0.717) is 39.9 Å². The van der Waals surface area contributed by atoms with Gasteiger partial charge >= 0.3 is 0 Å². The van der Waals surface area contributed by atoms with Crippen LogP contribution >= 0.6 is 11.3 Å². The van der Waals surface area contributed by atoms with Gasteiger partial charge in [-0.25, -0.2) is 19.9 Å². The molecule has 4 heterocycles. The maximum Gasteiger partial charge on any atom is 0.164 e. The Morgan fingerprint density at radius 1 is 0.596 bits per heavy atom. The van der Waals surface area contributed by atoms with Gasteiger partial charge in [0.15, 0.2) is 23.3 Å². The number of benzene rings is 6. The Morgan fingerprint density at radius 2 is 1.30 bits per heavy atom. The molecule has 270 valence electrons. The summed E-state index contributed by atoms with van der Waals surface area (Å²) in [7, 11) is 0. The van der Waals surface area contributed by atoms with Crippen LogP contribution in [0, 0.1) is 5.41 Å². The highest BCUT2D eigenvalue weighted by atomic mass is 32.1. The van der Waals surface area contributed by atoms with Crippen LogP contribution in [-0.2, 0) is 0 Å². The van der Waals surface area contributed by atoms with Gasteiger partial charge in [-0.15, -0.1) is 11.3 Å². The third-order valence-corrected chi connectivity index (χ3v) is 11.0. The molecule has 0 radical (unpaired) electrons. The summed E-state index contributed by atoms with van der Waals surface area (Å²) in [6.45, 7) is 3.78. The molecule has 0 aliphatic carbocycles.